The van der Waals surface area contributed by atoms with E-state index in [1.54, 1.807) is 0 Å². The summed E-state index contributed by atoms with van der Waals surface area (Å²) >= 11 is 0. The molecule has 0 aliphatic carbocycles. The number of aliphatic imine (C=N–C) groups is 1. The van der Waals surface area contributed by atoms with Gasteiger partial charge in [0, 0.05) is 24.0 Å². The summed E-state index contributed by atoms with van der Waals surface area (Å²) in [5.41, 5.74) is 1.00. The molecule has 0 amide bonds. The van der Waals surface area contributed by atoms with E-state index >= 15 is 0 Å². The van der Waals surface area contributed by atoms with Gasteiger partial charge in [-0.05, 0) is 37.8 Å². The lowest BCUT2D eigenvalue weighted by molar-refractivity contribution is 0.464. The van der Waals surface area contributed by atoms with Crippen molar-refractivity contribution in [1.29, 1.82) is 0 Å². The van der Waals surface area contributed by atoms with Crippen molar-refractivity contribution in [3.05, 3.63) is 24.4 Å². The van der Waals surface area contributed by atoms with Crippen molar-refractivity contribution in [3.63, 3.8) is 0 Å². The normalized spacial score (nSPS) is 15.9. The van der Waals surface area contributed by atoms with E-state index in [9.17, 15) is 0 Å². The molecule has 0 aromatic carbocycles. The van der Waals surface area contributed by atoms with Crippen LogP contribution in [0.2, 0.25) is 0 Å². The molecule has 0 saturated heterocycles. The van der Waals surface area contributed by atoms with Crippen molar-refractivity contribution >= 4 is 6.21 Å². The zero-order chi connectivity index (χ0) is 17.5. The van der Waals surface area contributed by atoms with Crippen molar-refractivity contribution < 1.29 is 0 Å². The van der Waals surface area contributed by atoms with Gasteiger partial charge in [0.1, 0.15) is 0 Å². The third-order valence-corrected chi connectivity index (χ3v) is 4.60. The lowest BCUT2D eigenvalue weighted by Crippen LogP contribution is -2.27. The molecule has 0 rings (SSSR count). The summed E-state index contributed by atoms with van der Waals surface area (Å²) < 4.78 is 0. The van der Waals surface area contributed by atoms with Gasteiger partial charge >= 0.3 is 0 Å². The van der Waals surface area contributed by atoms with E-state index in [0.29, 0.717) is 18.0 Å². The number of nitrogens with one attached hydrogen (secondary N) is 1. The van der Waals surface area contributed by atoms with Crippen molar-refractivity contribution in [3.8, 4) is 0 Å². The average Bonchev–Trinajstić information content (AvgIpc) is 2.54. The zero-order valence-electron chi connectivity index (χ0n) is 16.3. The maximum absolute atomic E-state index is 4.57. The van der Waals surface area contributed by atoms with Gasteiger partial charge < -0.3 is 5.32 Å². The Balaban J connectivity index is 4.19. The van der Waals surface area contributed by atoms with Gasteiger partial charge in [0.05, 0.1) is 0 Å². The SMILES string of the molecule is C=C(/C=C\C=NC(C)C(C)CC)NC(CCC)CCCCCC. The molecule has 0 aliphatic heterocycles. The Kier molecular flexibility index (Phi) is 13.9. The van der Waals surface area contributed by atoms with Crippen molar-refractivity contribution in [2.45, 2.75) is 98.1 Å². The van der Waals surface area contributed by atoms with E-state index in [1.165, 1.54) is 51.4 Å². The van der Waals surface area contributed by atoms with Crippen LogP contribution in [0, 0.1) is 5.92 Å². The number of hydrogen-bond donors (Lipinski definition) is 1. The topological polar surface area (TPSA) is 24.4 Å². The minimum absolute atomic E-state index is 0.386. The van der Waals surface area contributed by atoms with Crippen molar-refractivity contribution in [1.82, 2.24) is 5.32 Å². The average molecular weight is 321 g/mol. The molecule has 1 N–H and O–H groups in total. The fourth-order valence-electron chi connectivity index (χ4n) is 2.60. The second kappa shape index (κ2) is 14.5. The van der Waals surface area contributed by atoms with Gasteiger partial charge in [-0.1, -0.05) is 72.8 Å². The molecule has 23 heavy (non-hydrogen) atoms. The fraction of sp³-hybridized carbons (Fsp3) is 0.762. The predicted molar refractivity (Wildman–Crippen MR) is 106 cm³/mol. The van der Waals surface area contributed by atoms with E-state index < -0.39 is 0 Å². The fourth-order valence-corrected chi connectivity index (χ4v) is 2.60. The highest BCUT2D eigenvalue weighted by molar-refractivity contribution is 5.71. The highest BCUT2D eigenvalue weighted by Gasteiger charge is 2.07. The Hall–Kier alpha value is -1.05. The molecule has 0 radical (unpaired) electrons. The Morgan fingerprint density at radius 1 is 1.04 bits per heavy atom. The smallest absolute Gasteiger partial charge is 0.0496 e. The van der Waals surface area contributed by atoms with E-state index in [4.69, 9.17) is 0 Å². The molecule has 0 aromatic heterocycles. The van der Waals surface area contributed by atoms with Gasteiger partial charge in [-0.25, -0.2) is 0 Å². The molecular formula is C21H40N2. The Bertz CT molecular complexity index is 344. The van der Waals surface area contributed by atoms with Gasteiger partial charge in [0.2, 0.25) is 0 Å². The van der Waals surface area contributed by atoms with Crippen LogP contribution < -0.4 is 5.32 Å². The van der Waals surface area contributed by atoms with Crippen LogP contribution >= 0.6 is 0 Å². The summed E-state index contributed by atoms with van der Waals surface area (Å²) in [5, 5.41) is 3.57. The first-order valence-electron chi connectivity index (χ1n) is 9.70. The van der Waals surface area contributed by atoms with Crippen molar-refractivity contribution in [2.75, 3.05) is 0 Å². The number of unbranched alkanes of at least 4 members (excludes halogenated alkanes) is 3. The standard InChI is InChI=1S/C21H40N2/c1-7-10-11-12-16-21(14-8-2)23-19(5)15-13-17-22-20(6)18(4)9-3/h13,15,17-18,20-21,23H,5,7-12,14,16H2,1-4,6H3/b15-13-,22-17?. The predicted octanol–water partition coefficient (Wildman–Crippen LogP) is 6.29. The molecule has 2 heteroatoms. The molecule has 0 fully saturated rings. The van der Waals surface area contributed by atoms with Crippen LogP contribution in [0.1, 0.15) is 86.0 Å². The molecule has 0 heterocycles. The third-order valence-electron chi connectivity index (χ3n) is 4.60. The van der Waals surface area contributed by atoms with E-state index in [-0.39, 0.29) is 0 Å². The van der Waals surface area contributed by atoms with Crippen LogP contribution in [0.4, 0.5) is 0 Å². The number of nitrogens with zero attached hydrogens (tertiary/aromatic N) is 1. The minimum atomic E-state index is 0.386. The first-order chi connectivity index (χ1) is 11.0. The zero-order valence-corrected chi connectivity index (χ0v) is 16.3. The largest absolute Gasteiger partial charge is 0.383 e. The third kappa shape index (κ3) is 12.1. The summed E-state index contributed by atoms with van der Waals surface area (Å²) in [6, 6.07) is 0.947. The van der Waals surface area contributed by atoms with Gasteiger partial charge in [0.15, 0.2) is 0 Å². The summed E-state index contributed by atoms with van der Waals surface area (Å²) in [6.45, 7) is 15.3. The number of hydrogen-bond acceptors (Lipinski definition) is 2. The number of rotatable bonds is 14. The van der Waals surface area contributed by atoms with Gasteiger partial charge in [-0.15, -0.1) is 0 Å². The maximum Gasteiger partial charge on any atom is 0.0496 e. The van der Waals surface area contributed by atoms with E-state index in [1.807, 2.05) is 18.4 Å². The number of allylic oxidation sites excluding steroid dienone is 2. The van der Waals surface area contributed by atoms with Gasteiger partial charge in [0.25, 0.3) is 0 Å². The van der Waals surface area contributed by atoms with Crippen LogP contribution in [0.15, 0.2) is 29.4 Å². The Morgan fingerprint density at radius 3 is 2.39 bits per heavy atom. The van der Waals surface area contributed by atoms with Crippen LogP contribution in [-0.4, -0.2) is 18.3 Å². The molecule has 3 atom stereocenters. The first kappa shape index (κ1) is 21.9. The Labute approximate surface area is 145 Å². The van der Waals surface area contributed by atoms with Crippen LogP contribution in [-0.2, 0) is 0 Å². The molecule has 0 aromatic rings. The van der Waals surface area contributed by atoms with Crippen LogP contribution in [0.3, 0.4) is 0 Å². The monoisotopic (exact) mass is 320 g/mol. The molecule has 2 nitrogen and oxygen atoms in total. The second-order valence-electron chi connectivity index (χ2n) is 6.79. The summed E-state index contributed by atoms with van der Waals surface area (Å²) in [4.78, 5) is 4.57. The second-order valence-corrected chi connectivity index (χ2v) is 6.79. The molecule has 0 aliphatic rings. The van der Waals surface area contributed by atoms with Gasteiger partial charge in [-0.3, -0.25) is 4.99 Å². The molecule has 0 saturated carbocycles. The molecule has 3 unspecified atom stereocenters. The lowest BCUT2D eigenvalue weighted by Gasteiger charge is -2.19. The van der Waals surface area contributed by atoms with E-state index in [0.717, 1.165) is 5.70 Å². The summed E-state index contributed by atoms with van der Waals surface area (Å²) in [5.74, 6) is 0.637. The highest BCUT2D eigenvalue weighted by atomic mass is 14.9. The Morgan fingerprint density at radius 2 is 1.78 bits per heavy atom. The quantitative estimate of drug-likeness (QED) is 0.227. The highest BCUT2D eigenvalue weighted by Crippen LogP contribution is 2.11. The summed E-state index contributed by atoms with van der Waals surface area (Å²) in [6.07, 6.45) is 16.1. The molecule has 0 spiro atoms. The summed E-state index contributed by atoms with van der Waals surface area (Å²) in [7, 11) is 0. The minimum Gasteiger partial charge on any atom is -0.383 e. The first-order valence-corrected chi connectivity index (χ1v) is 9.70. The lowest BCUT2D eigenvalue weighted by atomic mass is 10.0. The van der Waals surface area contributed by atoms with E-state index in [2.05, 4.69) is 51.5 Å². The van der Waals surface area contributed by atoms with Crippen LogP contribution in [0.25, 0.3) is 0 Å². The van der Waals surface area contributed by atoms with Crippen molar-refractivity contribution in [2.24, 2.45) is 10.9 Å². The maximum atomic E-state index is 4.57. The molecular weight excluding hydrogens is 280 g/mol. The molecule has 134 valence electrons. The molecule has 0 bridgehead atoms. The van der Waals surface area contributed by atoms with Crippen LogP contribution in [0.5, 0.6) is 0 Å². The van der Waals surface area contributed by atoms with Gasteiger partial charge in [-0.2, -0.15) is 0 Å².